The molecule has 2 aromatic carbocycles. The molecule has 4 rings (SSSR count). The fourth-order valence-corrected chi connectivity index (χ4v) is 4.64. The zero-order valence-corrected chi connectivity index (χ0v) is 18.8. The highest BCUT2D eigenvalue weighted by Gasteiger charge is 2.38. The van der Waals surface area contributed by atoms with E-state index in [1.165, 1.54) is 10.5 Å². The van der Waals surface area contributed by atoms with Crippen molar-refractivity contribution < 1.29 is 14.3 Å². The molecule has 2 fully saturated rings. The summed E-state index contributed by atoms with van der Waals surface area (Å²) in [5, 5.41) is 3.37. The van der Waals surface area contributed by atoms with Gasteiger partial charge in [0.25, 0.3) is 5.91 Å². The average molecular weight is 459 g/mol. The number of benzene rings is 2. The van der Waals surface area contributed by atoms with Crippen molar-refractivity contribution in [2.45, 2.75) is 51.7 Å². The molecule has 2 aromatic rings. The first-order valence-corrected chi connectivity index (χ1v) is 11.2. The molecule has 0 unspecified atom stereocenters. The van der Waals surface area contributed by atoms with E-state index in [0.29, 0.717) is 28.0 Å². The third kappa shape index (κ3) is 4.89. The Kier molecular flexibility index (Phi) is 6.54. The summed E-state index contributed by atoms with van der Waals surface area (Å²) in [4.78, 5) is 26.6. The Morgan fingerprint density at radius 3 is 2.35 bits per heavy atom. The Hall–Kier alpha value is -2.50. The predicted molar refractivity (Wildman–Crippen MR) is 122 cm³/mol. The summed E-state index contributed by atoms with van der Waals surface area (Å²) in [5.74, 6) is 0.0838. The highest BCUT2D eigenvalue weighted by Crippen LogP contribution is 2.36. The first kappa shape index (κ1) is 21.7. The van der Waals surface area contributed by atoms with Gasteiger partial charge in [-0.05, 0) is 49.1 Å². The molecule has 5 nitrogen and oxygen atoms in total. The van der Waals surface area contributed by atoms with Gasteiger partial charge < -0.3 is 10.1 Å². The molecule has 3 amide bonds. The topological polar surface area (TPSA) is 58.6 Å². The predicted octanol–water partition coefficient (Wildman–Crippen LogP) is 6.11. The Labute approximate surface area is 192 Å². The van der Waals surface area contributed by atoms with Gasteiger partial charge in [-0.1, -0.05) is 72.3 Å². The van der Waals surface area contributed by atoms with E-state index in [1.807, 2.05) is 31.2 Å². The van der Waals surface area contributed by atoms with Gasteiger partial charge in [0.1, 0.15) is 12.3 Å². The van der Waals surface area contributed by atoms with Gasteiger partial charge in [0, 0.05) is 6.04 Å². The van der Waals surface area contributed by atoms with Crippen molar-refractivity contribution in [1.82, 2.24) is 10.2 Å². The minimum atomic E-state index is -0.363. The zero-order valence-electron chi connectivity index (χ0n) is 17.3. The van der Waals surface area contributed by atoms with E-state index in [4.69, 9.17) is 27.9 Å². The number of aryl methyl sites for hydroxylation is 1. The van der Waals surface area contributed by atoms with Crippen molar-refractivity contribution in [3.05, 3.63) is 68.8 Å². The quantitative estimate of drug-likeness (QED) is 0.434. The van der Waals surface area contributed by atoms with Gasteiger partial charge in [-0.25, -0.2) is 4.79 Å². The van der Waals surface area contributed by atoms with Crippen LogP contribution in [0.2, 0.25) is 10.0 Å². The van der Waals surface area contributed by atoms with Crippen LogP contribution in [0.5, 0.6) is 5.75 Å². The van der Waals surface area contributed by atoms with E-state index in [-0.39, 0.29) is 23.7 Å². The molecule has 1 saturated heterocycles. The van der Waals surface area contributed by atoms with Crippen LogP contribution >= 0.6 is 23.2 Å². The van der Waals surface area contributed by atoms with E-state index >= 15 is 0 Å². The van der Waals surface area contributed by atoms with E-state index in [9.17, 15) is 9.59 Å². The molecular weight excluding hydrogens is 435 g/mol. The minimum Gasteiger partial charge on any atom is -0.486 e. The van der Waals surface area contributed by atoms with Crippen LogP contribution in [0.1, 0.15) is 48.8 Å². The fourth-order valence-electron chi connectivity index (χ4n) is 4.03. The molecule has 162 valence electrons. The van der Waals surface area contributed by atoms with Gasteiger partial charge in [0.15, 0.2) is 5.75 Å². The fraction of sp³-hybridized carbons (Fsp3) is 0.333. The molecule has 7 heteroatoms. The summed E-state index contributed by atoms with van der Waals surface area (Å²) in [5.41, 5.74) is 3.03. The van der Waals surface area contributed by atoms with E-state index in [1.54, 1.807) is 18.2 Å². The number of rotatable bonds is 5. The molecule has 1 heterocycles. The lowest BCUT2D eigenvalue weighted by molar-refractivity contribution is -0.124. The van der Waals surface area contributed by atoms with Crippen LogP contribution in [0.3, 0.4) is 0 Å². The number of nitrogens with zero attached hydrogens (tertiary/aromatic N) is 1. The highest BCUT2D eigenvalue weighted by atomic mass is 35.5. The first-order chi connectivity index (χ1) is 14.9. The molecule has 1 aliphatic carbocycles. The third-order valence-corrected chi connectivity index (χ3v) is 6.25. The molecule has 31 heavy (non-hydrogen) atoms. The van der Waals surface area contributed by atoms with Crippen LogP contribution in [0, 0.1) is 6.92 Å². The van der Waals surface area contributed by atoms with Crippen molar-refractivity contribution >= 4 is 41.2 Å². The average Bonchev–Trinajstić information content (AvgIpc) is 3.02. The van der Waals surface area contributed by atoms with E-state index < -0.39 is 0 Å². The molecule has 0 spiro atoms. The van der Waals surface area contributed by atoms with E-state index in [0.717, 1.165) is 37.7 Å². The lowest BCUT2D eigenvalue weighted by atomic mass is 9.94. The van der Waals surface area contributed by atoms with Crippen LogP contribution in [0.4, 0.5) is 4.79 Å². The molecule has 1 aliphatic heterocycles. The molecule has 0 radical (unpaired) electrons. The van der Waals surface area contributed by atoms with Gasteiger partial charge in [-0.15, -0.1) is 0 Å². The highest BCUT2D eigenvalue weighted by molar-refractivity contribution is 6.37. The molecule has 0 aromatic heterocycles. The normalized spacial score (nSPS) is 18.5. The van der Waals surface area contributed by atoms with Crippen LogP contribution in [0.15, 0.2) is 42.1 Å². The lowest BCUT2D eigenvalue weighted by Gasteiger charge is -2.28. The number of carbonyl (C=O) groups is 2. The Bertz CT molecular complexity index is 1000. The summed E-state index contributed by atoms with van der Waals surface area (Å²) in [7, 11) is 0. The van der Waals surface area contributed by atoms with Crippen molar-refractivity contribution in [3.8, 4) is 5.75 Å². The third-order valence-electron chi connectivity index (χ3n) is 5.68. The second kappa shape index (κ2) is 9.33. The SMILES string of the molecule is Cc1ccc(COc2c(Cl)cc(/C=C3\NC(=O)N(C4CCCCC4)C3=O)cc2Cl)cc1. The van der Waals surface area contributed by atoms with Crippen LogP contribution in [0.25, 0.3) is 6.08 Å². The monoisotopic (exact) mass is 458 g/mol. The second-order valence-electron chi connectivity index (χ2n) is 8.04. The van der Waals surface area contributed by atoms with Crippen LogP contribution < -0.4 is 10.1 Å². The smallest absolute Gasteiger partial charge is 0.329 e. The number of hydrogen-bond acceptors (Lipinski definition) is 3. The Morgan fingerprint density at radius 2 is 1.71 bits per heavy atom. The zero-order chi connectivity index (χ0) is 22.0. The van der Waals surface area contributed by atoms with Crippen molar-refractivity contribution in [3.63, 3.8) is 0 Å². The number of urea groups is 1. The standard InChI is InChI=1S/C24H24Cl2N2O3/c1-15-7-9-16(10-8-15)14-31-22-19(25)11-17(12-20(22)26)13-21-23(29)28(24(30)27-21)18-5-3-2-4-6-18/h7-13,18H,2-6,14H2,1H3,(H,27,30)/b21-13-. The molecular formula is C24H24Cl2N2O3. The molecule has 1 N–H and O–H groups in total. The second-order valence-corrected chi connectivity index (χ2v) is 8.86. The molecule has 0 atom stereocenters. The molecule has 0 bridgehead atoms. The number of carbonyl (C=O) groups excluding carboxylic acids is 2. The maximum absolute atomic E-state index is 12.8. The van der Waals surface area contributed by atoms with Crippen LogP contribution in [-0.4, -0.2) is 22.9 Å². The lowest BCUT2D eigenvalue weighted by Crippen LogP contribution is -2.41. The van der Waals surface area contributed by atoms with Gasteiger partial charge in [-0.3, -0.25) is 9.69 Å². The van der Waals surface area contributed by atoms with Gasteiger partial charge in [0.2, 0.25) is 0 Å². The van der Waals surface area contributed by atoms with Gasteiger partial charge in [-0.2, -0.15) is 0 Å². The van der Waals surface area contributed by atoms with E-state index in [2.05, 4.69) is 5.32 Å². The largest absolute Gasteiger partial charge is 0.486 e. The van der Waals surface area contributed by atoms with Crippen molar-refractivity contribution in [1.29, 1.82) is 0 Å². The number of halogens is 2. The molecule has 2 aliphatic rings. The number of amides is 3. The maximum Gasteiger partial charge on any atom is 0.329 e. The summed E-state index contributed by atoms with van der Waals surface area (Å²) in [6.45, 7) is 2.36. The van der Waals surface area contributed by atoms with Crippen molar-refractivity contribution in [2.75, 3.05) is 0 Å². The van der Waals surface area contributed by atoms with Gasteiger partial charge in [0.05, 0.1) is 10.0 Å². The number of imide groups is 1. The number of nitrogens with one attached hydrogen (secondary N) is 1. The van der Waals surface area contributed by atoms with Crippen LogP contribution in [-0.2, 0) is 11.4 Å². The Morgan fingerprint density at radius 1 is 1.06 bits per heavy atom. The first-order valence-electron chi connectivity index (χ1n) is 10.5. The molecule has 1 saturated carbocycles. The summed E-state index contributed by atoms with van der Waals surface area (Å²) < 4.78 is 5.82. The summed E-state index contributed by atoms with van der Waals surface area (Å²) in [6.07, 6.45) is 6.54. The van der Waals surface area contributed by atoms with Gasteiger partial charge >= 0.3 is 6.03 Å². The Balaban J connectivity index is 1.49. The summed E-state index contributed by atoms with van der Waals surface area (Å²) >= 11 is 12.8. The minimum absolute atomic E-state index is 0.0307. The maximum atomic E-state index is 12.8. The summed E-state index contributed by atoms with van der Waals surface area (Å²) in [6, 6.07) is 11.0. The van der Waals surface area contributed by atoms with Crippen molar-refractivity contribution in [2.24, 2.45) is 0 Å². The number of ether oxygens (including phenoxy) is 1. The number of hydrogen-bond donors (Lipinski definition) is 1.